The minimum atomic E-state index is 0.269. The van der Waals surface area contributed by atoms with Gasteiger partial charge in [0.05, 0.1) is 17.6 Å². The number of hydrogen-bond donors (Lipinski definition) is 0. The summed E-state index contributed by atoms with van der Waals surface area (Å²) in [5.74, 6) is 1.33. The summed E-state index contributed by atoms with van der Waals surface area (Å²) in [7, 11) is 4.29. The summed E-state index contributed by atoms with van der Waals surface area (Å²) in [6.07, 6.45) is 3.00. The third-order valence-electron chi connectivity index (χ3n) is 3.23. The van der Waals surface area contributed by atoms with Crippen LogP contribution in [0.2, 0.25) is 0 Å². The van der Waals surface area contributed by atoms with E-state index in [1.54, 1.807) is 6.20 Å². The van der Waals surface area contributed by atoms with Crippen LogP contribution in [0.15, 0.2) is 12.3 Å². The van der Waals surface area contributed by atoms with Gasteiger partial charge >= 0.3 is 0 Å². The summed E-state index contributed by atoms with van der Waals surface area (Å²) in [6.45, 7) is 3.20. The fraction of sp³-hybridized carbons (Fsp3) is 0.667. The van der Waals surface area contributed by atoms with Crippen LogP contribution in [0.5, 0.6) is 0 Å². The second-order valence-corrected chi connectivity index (χ2v) is 4.92. The van der Waals surface area contributed by atoms with E-state index in [0.29, 0.717) is 5.88 Å². The first-order valence-electron chi connectivity index (χ1n) is 5.97. The second kappa shape index (κ2) is 5.76. The standard InChI is InChI=1S/C12H19ClN4/c1-16-6-3-7-17(2)11(9-16)12-14-5-4-10(8-13)15-12/h4-5,11H,3,6-9H2,1-2H3. The molecule has 1 aromatic heterocycles. The number of alkyl halides is 1. The van der Waals surface area contributed by atoms with E-state index in [0.717, 1.165) is 31.2 Å². The molecule has 0 aromatic carbocycles. The van der Waals surface area contributed by atoms with Gasteiger partial charge < -0.3 is 4.90 Å². The molecule has 1 aliphatic heterocycles. The van der Waals surface area contributed by atoms with Gasteiger partial charge in [0.25, 0.3) is 0 Å². The Kier molecular flexibility index (Phi) is 4.31. The molecule has 1 saturated heterocycles. The zero-order chi connectivity index (χ0) is 12.3. The van der Waals surface area contributed by atoms with Gasteiger partial charge in [-0.1, -0.05) is 0 Å². The summed E-state index contributed by atoms with van der Waals surface area (Å²) < 4.78 is 0. The van der Waals surface area contributed by atoms with Crippen LogP contribution in [0.25, 0.3) is 0 Å². The first kappa shape index (κ1) is 12.7. The fourth-order valence-electron chi connectivity index (χ4n) is 2.20. The minimum Gasteiger partial charge on any atom is -0.304 e. The first-order chi connectivity index (χ1) is 8.20. The van der Waals surface area contributed by atoms with E-state index >= 15 is 0 Å². The van der Waals surface area contributed by atoms with Crippen molar-refractivity contribution in [2.45, 2.75) is 18.3 Å². The van der Waals surface area contributed by atoms with Gasteiger partial charge in [0.2, 0.25) is 0 Å². The highest BCUT2D eigenvalue weighted by Gasteiger charge is 2.24. The average Bonchev–Trinajstić information content (AvgIpc) is 2.51. The van der Waals surface area contributed by atoms with Crippen molar-refractivity contribution in [3.8, 4) is 0 Å². The Bertz CT molecular complexity index is 371. The summed E-state index contributed by atoms with van der Waals surface area (Å²) in [5, 5.41) is 0. The summed E-state index contributed by atoms with van der Waals surface area (Å²) >= 11 is 5.82. The molecule has 5 heteroatoms. The van der Waals surface area contributed by atoms with Gasteiger partial charge in [0.1, 0.15) is 5.82 Å². The molecular weight excluding hydrogens is 236 g/mol. The Hall–Kier alpha value is -0.710. The molecule has 0 aliphatic carbocycles. The van der Waals surface area contributed by atoms with E-state index in [2.05, 4.69) is 33.9 Å². The number of likely N-dealkylation sites (N-methyl/N-ethyl adjacent to an activating group) is 2. The lowest BCUT2D eigenvalue weighted by Crippen LogP contribution is -2.32. The minimum absolute atomic E-state index is 0.269. The Morgan fingerprint density at radius 1 is 1.41 bits per heavy atom. The Morgan fingerprint density at radius 3 is 3.00 bits per heavy atom. The molecule has 2 heterocycles. The Balaban J connectivity index is 2.22. The highest BCUT2D eigenvalue weighted by atomic mass is 35.5. The smallest absolute Gasteiger partial charge is 0.146 e. The molecule has 0 bridgehead atoms. The molecule has 1 aromatic rings. The van der Waals surface area contributed by atoms with Gasteiger partial charge in [-0.15, -0.1) is 11.6 Å². The zero-order valence-electron chi connectivity index (χ0n) is 10.4. The summed E-state index contributed by atoms with van der Waals surface area (Å²) in [6, 6.07) is 2.14. The van der Waals surface area contributed by atoms with Crippen LogP contribution in [0, 0.1) is 0 Å². The first-order valence-corrected chi connectivity index (χ1v) is 6.50. The van der Waals surface area contributed by atoms with Gasteiger partial charge in [-0.3, -0.25) is 4.90 Å². The van der Waals surface area contributed by atoms with Crippen molar-refractivity contribution in [2.24, 2.45) is 0 Å². The van der Waals surface area contributed by atoms with Crippen LogP contribution in [0.4, 0.5) is 0 Å². The Labute approximate surface area is 108 Å². The van der Waals surface area contributed by atoms with E-state index in [4.69, 9.17) is 11.6 Å². The predicted molar refractivity (Wildman–Crippen MR) is 69.1 cm³/mol. The molecule has 1 atom stereocenters. The highest BCUT2D eigenvalue weighted by molar-refractivity contribution is 6.16. The van der Waals surface area contributed by atoms with Crippen LogP contribution < -0.4 is 0 Å². The van der Waals surface area contributed by atoms with E-state index in [1.807, 2.05) is 6.07 Å². The maximum atomic E-state index is 5.82. The molecule has 0 N–H and O–H groups in total. The van der Waals surface area contributed by atoms with Crippen LogP contribution in [0.3, 0.4) is 0 Å². The number of nitrogens with zero attached hydrogens (tertiary/aromatic N) is 4. The lowest BCUT2D eigenvalue weighted by atomic mass is 10.2. The van der Waals surface area contributed by atoms with Crippen LogP contribution in [-0.4, -0.2) is 53.5 Å². The molecule has 2 rings (SSSR count). The van der Waals surface area contributed by atoms with Crippen molar-refractivity contribution in [2.75, 3.05) is 33.7 Å². The van der Waals surface area contributed by atoms with Gasteiger partial charge in [0.15, 0.2) is 0 Å². The zero-order valence-corrected chi connectivity index (χ0v) is 11.2. The maximum absolute atomic E-state index is 5.82. The van der Waals surface area contributed by atoms with Crippen molar-refractivity contribution in [1.82, 2.24) is 19.8 Å². The quantitative estimate of drug-likeness (QED) is 0.750. The molecule has 0 saturated carbocycles. The molecule has 17 heavy (non-hydrogen) atoms. The van der Waals surface area contributed by atoms with E-state index in [-0.39, 0.29) is 6.04 Å². The number of hydrogen-bond acceptors (Lipinski definition) is 4. The number of aromatic nitrogens is 2. The molecule has 1 fully saturated rings. The molecule has 0 spiro atoms. The average molecular weight is 255 g/mol. The monoisotopic (exact) mass is 254 g/mol. The molecule has 0 radical (unpaired) electrons. The van der Waals surface area contributed by atoms with Crippen molar-refractivity contribution < 1.29 is 0 Å². The third kappa shape index (κ3) is 3.15. The van der Waals surface area contributed by atoms with Crippen molar-refractivity contribution in [1.29, 1.82) is 0 Å². The lowest BCUT2D eigenvalue weighted by Gasteiger charge is -2.26. The highest BCUT2D eigenvalue weighted by Crippen LogP contribution is 2.20. The van der Waals surface area contributed by atoms with Crippen LogP contribution in [-0.2, 0) is 5.88 Å². The number of halogens is 1. The van der Waals surface area contributed by atoms with Gasteiger partial charge in [-0.05, 0) is 39.7 Å². The van der Waals surface area contributed by atoms with Gasteiger partial charge in [-0.2, -0.15) is 0 Å². The van der Waals surface area contributed by atoms with E-state index in [9.17, 15) is 0 Å². The molecule has 1 aliphatic rings. The van der Waals surface area contributed by atoms with Crippen molar-refractivity contribution in [3.05, 3.63) is 23.8 Å². The molecule has 0 amide bonds. The van der Waals surface area contributed by atoms with Crippen molar-refractivity contribution in [3.63, 3.8) is 0 Å². The summed E-state index contributed by atoms with van der Waals surface area (Å²) in [4.78, 5) is 13.6. The van der Waals surface area contributed by atoms with Crippen LogP contribution in [0.1, 0.15) is 24.0 Å². The SMILES string of the molecule is CN1CCCN(C)C(c2nccc(CCl)n2)C1. The largest absolute Gasteiger partial charge is 0.304 e. The topological polar surface area (TPSA) is 32.3 Å². The molecule has 94 valence electrons. The lowest BCUT2D eigenvalue weighted by molar-refractivity contribution is 0.219. The predicted octanol–water partition coefficient (Wildman–Crippen LogP) is 1.52. The third-order valence-corrected chi connectivity index (χ3v) is 3.51. The fourth-order valence-corrected chi connectivity index (χ4v) is 2.35. The van der Waals surface area contributed by atoms with Crippen LogP contribution >= 0.6 is 11.6 Å². The number of rotatable bonds is 2. The van der Waals surface area contributed by atoms with E-state index < -0.39 is 0 Å². The molecule has 1 unspecified atom stereocenters. The Morgan fingerprint density at radius 2 is 2.24 bits per heavy atom. The van der Waals surface area contributed by atoms with Gasteiger partial charge in [0, 0.05) is 12.7 Å². The van der Waals surface area contributed by atoms with Gasteiger partial charge in [-0.25, -0.2) is 9.97 Å². The molecule has 4 nitrogen and oxygen atoms in total. The normalized spacial score (nSPS) is 23.6. The van der Waals surface area contributed by atoms with E-state index in [1.165, 1.54) is 6.42 Å². The summed E-state index contributed by atoms with van der Waals surface area (Å²) in [5.41, 5.74) is 0.900. The van der Waals surface area contributed by atoms with Crippen molar-refractivity contribution >= 4 is 11.6 Å². The maximum Gasteiger partial charge on any atom is 0.146 e. The second-order valence-electron chi connectivity index (χ2n) is 4.65. The molecular formula is C12H19ClN4.